The van der Waals surface area contributed by atoms with Crippen LogP contribution in [0.1, 0.15) is 65.7 Å². The van der Waals surface area contributed by atoms with Crippen molar-refractivity contribution in [3.05, 3.63) is 0 Å². The van der Waals surface area contributed by atoms with E-state index in [1.165, 1.54) is 11.3 Å². The Morgan fingerprint density at radius 2 is 1.81 bits per heavy atom. The summed E-state index contributed by atoms with van der Waals surface area (Å²) < 4.78 is 5.40. The third-order valence-electron chi connectivity index (χ3n) is 4.44. The maximum absolute atomic E-state index is 12.6. The molecule has 26 heavy (non-hydrogen) atoms. The summed E-state index contributed by atoms with van der Waals surface area (Å²) in [5.41, 5.74) is 9.73. The predicted octanol–water partition coefficient (Wildman–Crippen LogP) is 1.69. The zero-order chi connectivity index (χ0) is 19.7. The fraction of sp³-hybridized carbons (Fsp3) is 0.833. The predicted molar refractivity (Wildman–Crippen MR) is 98.9 cm³/mol. The standard InChI is InChI=1S/C18H34N4O4/c1-18(2,3)26-17(25)22(4)14(12-13-8-6-5-7-9-13)16(24)21-20-11-10-15(19)23/h13-14,20H,5-12H2,1-4H3,(H2,19,23)(H,21,24)/t14-/m0/s1. The normalized spacial score (nSPS) is 16.6. The first-order valence-electron chi connectivity index (χ1n) is 9.37. The molecule has 8 heteroatoms. The Labute approximate surface area is 156 Å². The fourth-order valence-electron chi connectivity index (χ4n) is 3.06. The van der Waals surface area contributed by atoms with Gasteiger partial charge in [0.05, 0.1) is 0 Å². The van der Waals surface area contributed by atoms with Crippen LogP contribution in [-0.4, -0.2) is 48.0 Å². The minimum absolute atomic E-state index is 0.121. The van der Waals surface area contributed by atoms with Crippen molar-refractivity contribution in [3.63, 3.8) is 0 Å². The van der Waals surface area contributed by atoms with Crippen LogP contribution in [0.2, 0.25) is 0 Å². The summed E-state index contributed by atoms with van der Waals surface area (Å²) >= 11 is 0. The van der Waals surface area contributed by atoms with Crippen LogP contribution in [0.5, 0.6) is 0 Å². The van der Waals surface area contributed by atoms with Crippen LogP contribution in [0.15, 0.2) is 0 Å². The molecule has 0 aliphatic heterocycles. The van der Waals surface area contributed by atoms with Gasteiger partial charge in [-0.3, -0.25) is 19.9 Å². The zero-order valence-electron chi connectivity index (χ0n) is 16.5. The molecule has 1 fully saturated rings. The number of hydrazine groups is 1. The molecule has 0 spiro atoms. The summed E-state index contributed by atoms with van der Waals surface area (Å²) in [6.07, 6.45) is 5.88. The monoisotopic (exact) mass is 370 g/mol. The van der Waals surface area contributed by atoms with Crippen molar-refractivity contribution in [2.45, 2.75) is 77.4 Å². The van der Waals surface area contributed by atoms with Gasteiger partial charge < -0.3 is 10.5 Å². The van der Waals surface area contributed by atoms with Gasteiger partial charge in [0, 0.05) is 20.0 Å². The van der Waals surface area contributed by atoms with Crippen molar-refractivity contribution >= 4 is 17.9 Å². The molecule has 0 unspecified atom stereocenters. The number of nitrogens with two attached hydrogens (primary N) is 1. The van der Waals surface area contributed by atoms with Crippen molar-refractivity contribution in [1.82, 2.24) is 15.8 Å². The highest BCUT2D eigenvalue weighted by atomic mass is 16.6. The number of ether oxygens (including phenoxy) is 1. The number of likely N-dealkylation sites (N-methyl/N-ethyl adjacent to an activating group) is 1. The number of carbonyl (C=O) groups is 3. The molecule has 0 saturated heterocycles. The van der Waals surface area contributed by atoms with Crippen molar-refractivity contribution < 1.29 is 19.1 Å². The number of primary amides is 1. The molecular formula is C18H34N4O4. The molecule has 0 radical (unpaired) electrons. The van der Waals surface area contributed by atoms with E-state index in [-0.39, 0.29) is 18.9 Å². The Hall–Kier alpha value is -1.83. The second kappa shape index (κ2) is 10.4. The van der Waals surface area contributed by atoms with Crippen LogP contribution in [0, 0.1) is 5.92 Å². The van der Waals surface area contributed by atoms with Gasteiger partial charge in [0.15, 0.2) is 0 Å². The van der Waals surface area contributed by atoms with E-state index in [0.717, 1.165) is 25.7 Å². The van der Waals surface area contributed by atoms with Gasteiger partial charge in [-0.25, -0.2) is 10.2 Å². The number of hydrogen-bond acceptors (Lipinski definition) is 5. The molecule has 0 aromatic rings. The average Bonchev–Trinajstić information content (AvgIpc) is 2.55. The second-order valence-corrected chi connectivity index (χ2v) is 7.98. The molecule has 1 atom stereocenters. The Morgan fingerprint density at radius 3 is 2.35 bits per heavy atom. The molecule has 0 bridgehead atoms. The Morgan fingerprint density at radius 1 is 1.19 bits per heavy atom. The fourth-order valence-corrected chi connectivity index (χ4v) is 3.06. The lowest BCUT2D eigenvalue weighted by Gasteiger charge is -2.33. The van der Waals surface area contributed by atoms with E-state index in [9.17, 15) is 14.4 Å². The molecule has 1 saturated carbocycles. The smallest absolute Gasteiger partial charge is 0.410 e. The third kappa shape index (κ3) is 8.51. The summed E-state index contributed by atoms with van der Waals surface area (Å²) in [5, 5.41) is 0. The number of carbonyl (C=O) groups excluding carboxylic acids is 3. The van der Waals surface area contributed by atoms with Crippen LogP contribution in [0.3, 0.4) is 0 Å². The zero-order valence-corrected chi connectivity index (χ0v) is 16.5. The molecule has 1 aliphatic carbocycles. The number of nitrogens with zero attached hydrogens (tertiary/aromatic N) is 1. The summed E-state index contributed by atoms with van der Waals surface area (Å²) in [6.45, 7) is 5.62. The molecule has 4 N–H and O–H groups in total. The maximum atomic E-state index is 12.6. The topological polar surface area (TPSA) is 114 Å². The van der Waals surface area contributed by atoms with Crippen LogP contribution in [-0.2, 0) is 14.3 Å². The van der Waals surface area contributed by atoms with E-state index < -0.39 is 23.6 Å². The molecule has 1 aliphatic rings. The Balaban J connectivity index is 2.71. The first kappa shape index (κ1) is 22.2. The highest BCUT2D eigenvalue weighted by Gasteiger charge is 2.32. The number of nitrogens with one attached hydrogen (secondary N) is 2. The Kier molecular flexibility index (Phi) is 8.84. The highest BCUT2D eigenvalue weighted by molar-refractivity contribution is 5.85. The summed E-state index contributed by atoms with van der Waals surface area (Å²) in [4.78, 5) is 37.2. The second-order valence-electron chi connectivity index (χ2n) is 7.98. The average molecular weight is 370 g/mol. The minimum atomic E-state index is -0.631. The lowest BCUT2D eigenvalue weighted by Crippen LogP contribution is -2.53. The molecule has 8 nitrogen and oxygen atoms in total. The minimum Gasteiger partial charge on any atom is -0.444 e. The van der Waals surface area contributed by atoms with Crippen molar-refractivity contribution in [2.24, 2.45) is 11.7 Å². The van der Waals surface area contributed by atoms with E-state index in [4.69, 9.17) is 10.5 Å². The SMILES string of the molecule is CN(C(=O)OC(C)(C)C)[C@@H](CC1CCCCC1)C(=O)NNCCC(N)=O. The van der Waals surface area contributed by atoms with Crippen LogP contribution in [0.25, 0.3) is 0 Å². The van der Waals surface area contributed by atoms with Gasteiger partial charge >= 0.3 is 6.09 Å². The number of amides is 3. The van der Waals surface area contributed by atoms with E-state index in [1.54, 1.807) is 27.8 Å². The van der Waals surface area contributed by atoms with Gasteiger partial charge in [-0.1, -0.05) is 32.1 Å². The van der Waals surface area contributed by atoms with Gasteiger partial charge in [0.25, 0.3) is 5.91 Å². The van der Waals surface area contributed by atoms with Crippen molar-refractivity contribution in [1.29, 1.82) is 0 Å². The van der Waals surface area contributed by atoms with E-state index >= 15 is 0 Å². The van der Waals surface area contributed by atoms with Gasteiger partial charge in [0.2, 0.25) is 5.91 Å². The quantitative estimate of drug-likeness (QED) is 0.444. The van der Waals surface area contributed by atoms with E-state index in [1.807, 2.05) is 0 Å². The van der Waals surface area contributed by atoms with E-state index in [0.29, 0.717) is 12.3 Å². The van der Waals surface area contributed by atoms with Crippen molar-refractivity contribution in [3.8, 4) is 0 Å². The van der Waals surface area contributed by atoms with Gasteiger partial charge in [-0.15, -0.1) is 0 Å². The molecule has 3 amide bonds. The summed E-state index contributed by atoms with van der Waals surface area (Å²) in [5.74, 6) is -0.347. The third-order valence-corrected chi connectivity index (χ3v) is 4.44. The van der Waals surface area contributed by atoms with Gasteiger partial charge in [-0.05, 0) is 33.1 Å². The van der Waals surface area contributed by atoms with Crippen LogP contribution >= 0.6 is 0 Å². The summed E-state index contributed by atoms with van der Waals surface area (Å²) in [7, 11) is 1.59. The molecule has 1 rings (SSSR count). The number of rotatable bonds is 8. The first-order valence-corrected chi connectivity index (χ1v) is 9.37. The molecule has 0 aromatic heterocycles. The van der Waals surface area contributed by atoms with Gasteiger partial charge in [-0.2, -0.15) is 0 Å². The Bertz CT molecular complexity index is 484. The lowest BCUT2D eigenvalue weighted by atomic mass is 9.84. The largest absolute Gasteiger partial charge is 0.444 e. The first-order chi connectivity index (χ1) is 12.1. The van der Waals surface area contributed by atoms with Crippen LogP contribution < -0.4 is 16.6 Å². The molecule has 0 aromatic carbocycles. The highest BCUT2D eigenvalue weighted by Crippen LogP contribution is 2.28. The van der Waals surface area contributed by atoms with Crippen LogP contribution in [0.4, 0.5) is 4.79 Å². The summed E-state index contributed by atoms with van der Waals surface area (Å²) in [6, 6.07) is -0.631. The van der Waals surface area contributed by atoms with E-state index in [2.05, 4.69) is 10.9 Å². The molecule has 150 valence electrons. The van der Waals surface area contributed by atoms with Gasteiger partial charge in [0.1, 0.15) is 11.6 Å². The lowest BCUT2D eigenvalue weighted by molar-refractivity contribution is -0.128. The number of hydrogen-bond donors (Lipinski definition) is 3. The molecule has 0 heterocycles. The molecular weight excluding hydrogens is 336 g/mol. The van der Waals surface area contributed by atoms with Crippen molar-refractivity contribution in [2.75, 3.05) is 13.6 Å². The maximum Gasteiger partial charge on any atom is 0.410 e.